The first-order valence-electron chi connectivity index (χ1n) is 2.90. The lowest BCUT2D eigenvalue weighted by Gasteiger charge is -1.80. The van der Waals surface area contributed by atoms with Crippen molar-refractivity contribution in [3.8, 4) is 0 Å². The molecule has 0 aliphatic heterocycles. The molecule has 2 N–H and O–H groups in total. The maximum Gasteiger partial charge on any atom is 0.179 e. The number of aliphatic hydroxyl groups is 1. The summed E-state index contributed by atoms with van der Waals surface area (Å²) in [5.41, 5.74) is 0.925. The molecule has 0 aromatic carbocycles. The number of ketones is 1. The lowest BCUT2D eigenvalue weighted by molar-refractivity contribution is 0.101. The molecule has 0 spiro atoms. The van der Waals surface area contributed by atoms with E-state index >= 15 is 0 Å². The number of hydrogen-bond donors (Lipinski definition) is 2. The molecule has 0 radical (unpaired) electrons. The normalized spacial score (nSPS) is 9.80. The molecule has 4 nitrogen and oxygen atoms in total. The summed E-state index contributed by atoms with van der Waals surface area (Å²) in [7, 11) is 0. The van der Waals surface area contributed by atoms with E-state index in [-0.39, 0.29) is 12.4 Å². The lowest BCUT2D eigenvalue weighted by atomic mass is 10.3. The van der Waals surface area contributed by atoms with Gasteiger partial charge in [-0.2, -0.15) is 5.10 Å². The Morgan fingerprint density at radius 2 is 2.60 bits per heavy atom. The summed E-state index contributed by atoms with van der Waals surface area (Å²) in [4.78, 5) is 10.6. The fraction of sp³-hybridized carbons (Fsp3) is 0.333. The zero-order valence-corrected chi connectivity index (χ0v) is 5.59. The van der Waals surface area contributed by atoms with Gasteiger partial charge in [-0.3, -0.25) is 9.89 Å². The number of rotatable bonds is 2. The first-order valence-corrected chi connectivity index (χ1v) is 2.90. The molecule has 4 heteroatoms. The number of nitrogens with zero attached hydrogens (tertiary/aromatic N) is 1. The Morgan fingerprint density at radius 3 is 2.90 bits per heavy atom. The zero-order valence-electron chi connectivity index (χ0n) is 5.59. The van der Waals surface area contributed by atoms with Gasteiger partial charge in [-0.15, -0.1) is 0 Å². The minimum atomic E-state index is -0.111. The molecule has 0 bridgehead atoms. The van der Waals surface area contributed by atoms with Crippen LogP contribution in [0.15, 0.2) is 6.07 Å². The quantitative estimate of drug-likeness (QED) is 0.573. The van der Waals surface area contributed by atoms with Gasteiger partial charge in [-0.1, -0.05) is 0 Å². The Labute approximate surface area is 57.9 Å². The monoisotopic (exact) mass is 140 g/mol. The van der Waals surface area contributed by atoms with Gasteiger partial charge in [0.25, 0.3) is 0 Å². The highest BCUT2D eigenvalue weighted by atomic mass is 16.3. The van der Waals surface area contributed by atoms with Crippen LogP contribution in [-0.4, -0.2) is 21.1 Å². The molecule has 0 saturated carbocycles. The Balaban J connectivity index is 2.88. The third-order valence-electron chi connectivity index (χ3n) is 1.16. The molecular weight excluding hydrogens is 132 g/mol. The molecule has 0 fully saturated rings. The second kappa shape index (κ2) is 2.62. The Bertz CT molecular complexity index is 242. The summed E-state index contributed by atoms with van der Waals surface area (Å²) in [6.07, 6.45) is 0. The molecule has 1 rings (SSSR count). The molecule has 0 atom stereocenters. The van der Waals surface area contributed by atoms with Gasteiger partial charge in [-0.25, -0.2) is 0 Å². The molecule has 0 aliphatic carbocycles. The van der Waals surface area contributed by atoms with Crippen LogP contribution in [0.1, 0.15) is 23.1 Å². The summed E-state index contributed by atoms with van der Waals surface area (Å²) in [6.45, 7) is 1.32. The first kappa shape index (κ1) is 6.95. The second-order valence-corrected chi connectivity index (χ2v) is 1.99. The van der Waals surface area contributed by atoms with Crippen LogP contribution in [0, 0.1) is 0 Å². The van der Waals surface area contributed by atoms with E-state index < -0.39 is 0 Å². The van der Waals surface area contributed by atoms with E-state index in [2.05, 4.69) is 10.2 Å². The van der Waals surface area contributed by atoms with Gasteiger partial charge in [0.05, 0.1) is 12.3 Å². The summed E-state index contributed by atoms with van der Waals surface area (Å²) in [5, 5.41) is 14.7. The molecule has 0 aliphatic rings. The fourth-order valence-corrected chi connectivity index (χ4v) is 0.623. The summed E-state index contributed by atoms with van der Waals surface area (Å²) in [6, 6.07) is 1.53. The zero-order chi connectivity index (χ0) is 7.56. The van der Waals surface area contributed by atoms with Crippen LogP contribution >= 0.6 is 0 Å². The molecule has 10 heavy (non-hydrogen) atoms. The van der Waals surface area contributed by atoms with Crippen molar-refractivity contribution in [1.29, 1.82) is 0 Å². The van der Waals surface area contributed by atoms with Crippen molar-refractivity contribution in [3.63, 3.8) is 0 Å². The van der Waals surface area contributed by atoms with Crippen LogP contribution in [0.25, 0.3) is 0 Å². The Morgan fingerprint density at radius 1 is 1.90 bits per heavy atom. The van der Waals surface area contributed by atoms with Gasteiger partial charge in [0.15, 0.2) is 5.78 Å². The highest BCUT2D eigenvalue weighted by molar-refractivity contribution is 5.92. The van der Waals surface area contributed by atoms with E-state index in [0.717, 1.165) is 0 Å². The number of H-pyrrole nitrogens is 1. The summed E-state index contributed by atoms with van der Waals surface area (Å²) in [5.74, 6) is -0.101. The number of aromatic amines is 1. The third-order valence-corrected chi connectivity index (χ3v) is 1.16. The number of hydrogen-bond acceptors (Lipinski definition) is 3. The molecule has 1 heterocycles. The average Bonchev–Trinajstić information content (AvgIpc) is 2.34. The molecule has 0 unspecified atom stereocenters. The van der Waals surface area contributed by atoms with Crippen molar-refractivity contribution in [2.75, 3.05) is 0 Å². The molecule has 0 saturated heterocycles. The van der Waals surface area contributed by atoms with Crippen LogP contribution < -0.4 is 0 Å². The van der Waals surface area contributed by atoms with E-state index in [1.807, 2.05) is 0 Å². The van der Waals surface area contributed by atoms with E-state index in [1.165, 1.54) is 13.0 Å². The second-order valence-electron chi connectivity index (χ2n) is 1.99. The van der Waals surface area contributed by atoms with Gasteiger partial charge in [0, 0.05) is 6.92 Å². The van der Waals surface area contributed by atoms with Gasteiger partial charge in [-0.05, 0) is 6.07 Å². The molecule has 0 amide bonds. The lowest BCUT2D eigenvalue weighted by Crippen LogP contribution is -1.90. The largest absolute Gasteiger partial charge is 0.390 e. The van der Waals surface area contributed by atoms with Crippen LogP contribution in [0.4, 0.5) is 0 Å². The maximum absolute atomic E-state index is 10.6. The number of carbonyl (C=O) groups is 1. The van der Waals surface area contributed by atoms with Crippen LogP contribution in [0.3, 0.4) is 0 Å². The van der Waals surface area contributed by atoms with Crippen LogP contribution in [-0.2, 0) is 6.61 Å². The van der Waals surface area contributed by atoms with E-state index in [4.69, 9.17) is 5.11 Å². The molecule has 54 valence electrons. The highest BCUT2D eigenvalue weighted by Gasteiger charge is 2.02. The average molecular weight is 140 g/mol. The standard InChI is InChI=1S/C6H8N2O2/c1-4(10)6-2-5(3-9)7-8-6/h2,9H,3H2,1H3,(H,7,8). The molecule has 1 aromatic heterocycles. The van der Waals surface area contributed by atoms with Crippen LogP contribution in [0.5, 0.6) is 0 Å². The Kier molecular flexibility index (Phi) is 1.82. The minimum Gasteiger partial charge on any atom is -0.390 e. The highest BCUT2D eigenvalue weighted by Crippen LogP contribution is 1.98. The van der Waals surface area contributed by atoms with E-state index in [9.17, 15) is 4.79 Å². The predicted molar refractivity (Wildman–Crippen MR) is 34.5 cm³/mol. The fourth-order valence-electron chi connectivity index (χ4n) is 0.623. The number of Topliss-reactive ketones (excluding diaryl/α,β-unsaturated/α-hetero) is 1. The van der Waals surface area contributed by atoms with Crippen LogP contribution in [0.2, 0.25) is 0 Å². The van der Waals surface area contributed by atoms with Gasteiger partial charge in [0.2, 0.25) is 0 Å². The topological polar surface area (TPSA) is 66.0 Å². The van der Waals surface area contributed by atoms with Crippen molar-refractivity contribution < 1.29 is 9.90 Å². The van der Waals surface area contributed by atoms with E-state index in [0.29, 0.717) is 11.4 Å². The van der Waals surface area contributed by atoms with Gasteiger partial charge < -0.3 is 5.11 Å². The van der Waals surface area contributed by atoms with Crippen molar-refractivity contribution in [3.05, 3.63) is 17.5 Å². The number of aliphatic hydroxyl groups excluding tert-OH is 1. The smallest absolute Gasteiger partial charge is 0.179 e. The summed E-state index contributed by atoms with van der Waals surface area (Å²) >= 11 is 0. The third kappa shape index (κ3) is 1.22. The van der Waals surface area contributed by atoms with Crippen molar-refractivity contribution >= 4 is 5.78 Å². The number of nitrogens with one attached hydrogen (secondary N) is 1. The first-order chi connectivity index (χ1) is 4.74. The minimum absolute atomic E-state index is 0.101. The maximum atomic E-state index is 10.6. The molecular formula is C6H8N2O2. The van der Waals surface area contributed by atoms with Gasteiger partial charge in [0.1, 0.15) is 5.69 Å². The van der Waals surface area contributed by atoms with E-state index in [1.54, 1.807) is 0 Å². The number of aromatic nitrogens is 2. The molecule has 1 aromatic rings. The predicted octanol–water partition coefficient (Wildman–Crippen LogP) is 0.105. The van der Waals surface area contributed by atoms with Gasteiger partial charge >= 0.3 is 0 Å². The van der Waals surface area contributed by atoms with Crippen molar-refractivity contribution in [1.82, 2.24) is 10.2 Å². The SMILES string of the molecule is CC(=O)c1cc(CO)[nH]n1. The van der Waals surface area contributed by atoms with Crippen molar-refractivity contribution in [2.45, 2.75) is 13.5 Å². The summed E-state index contributed by atoms with van der Waals surface area (Å²) < 4.78 is 0. The Hall–Kier alpha value is -1.16. The van der Waals surface area contributed by atoms with Crippen molar-refractivity contribution in [2.24, 2.45) is 0 Å². The number of carbonyl (C=O) groups excluding carboxylic acids is 1.